The Hall–Kier alpha value is -3.29. The highest BCUT2D eigenvalue weighted by molar-refractivity contribution is 6.30. The zero-order valence-corrected chi connectivity index (χ0v) is 17.7. The van der Waals surface area contributed by atoms with E-state index in [1.807, 2.05) is 54.6 Å². The van der Waals surface area contributed by atoms with Crippen LogP contribution in [0.4, 0.5) is 17.5 Å². The lowest BCUT2D eigenvalue weighted by molar-refractivity contribution is 0.243. The highest BCUT2D eigenvalue weighted by Crippen LogP contribution is 2.25. The van der Waals surface area contributed by atoms with E-state index >= 15 is 0 Å². The molecule has 1 saturated heterocycles. The van der Waals surface area contributed by atoms with Crippen molar-refractivity contribution in [1.29, 1.82) is 0 Å². The van der Waals surface area contributed by atoms with Gasteiger partial charge in [0.15, 0.2) is 0 Å². The Balaban J connectivity index is 1.34. The number of anilines is 3. The van der Waals surface area contributed by atoms with Gasteiger partial charge in [0.1, 0.15) is 11.6 Å². The summed E-state index contributed by atoms with van der Waals surface area (Å²) < 4.78 is 0. The largest absolute Gasteiger partial charge is 0.340 e. The molecule has 156 valence electrons. The van der Waals surface area contributed by atoms with Crippen LogP contribution in [0.1, 0.15) is 5.82 Å². The van der Waals surface area contributed by atoms with Crippen LogP contribution in [0.5, 0.6) is 0 Å². The van der Waals surface area contributed by atoms with Crippen molar-refractivity contribution in [3.05, 3.63) is 77.8 Å². The molecular weight excluding hydrogens is 410 g/mol. The molecule has 7 nitrogen and oxygen atoms in total. The third kappa shape index (κ3) is 4.57. The van der Waals surface area contributed by atoms with E-state index in [2.05, 4.69) is 25.1 Å². The first-order valence-corrected chi connectivity index (χ1v) is 10.6. The normalized spacial score (nSPS) is 14.7. The fourth-order valence-corrected chi connectivity index (χ4v) is 3.94. The summed E-state index contributed by atoms with van der Waals surface area (Å²) in [7, 11) is 0. The summed E-state index contributed by atoms with van der Waals surface area (Å²) >= 11 is 6.15. The standard InChI is InChI=1S/C23H22ClN7/c24-17-5-3-6-18(15-17)27-22-19-7-1-2-8-20(19)28-21(29-22)16-30-11-13-31(14-12-30)23-25-9-4-10-26-23/h1-10,15H,11-14,16H2,(H,27,28,29). The summed E-state index contributed by atoms with van der Waals surface area (Å²) in [6.07, 6.45) is 3.57. The maximum absolute atomic E-state index is 6.15. The van der Waals surface area contributed by atoms with E-state index in [-0.39, 0.29) is 0 Å². The predicted octanol–water partition coefficient (Wildman–Crippen LogP) is 4.14. The van der Waals surface area contributed by atoms with Crippen LogP contribution in [0, 0.1) is 0 Å². The van der Waals surface area contributed by atoms with Gasteiger partial charge in [0, 0.05) is 54.7 Å². The number of rotatable bonds is 5. The fraction of sp³-hybridized carbons (Fsp3) is 0.217. The minimum atomic E-state index is 0.684. The zero-order valence-electron chi connectivity index (χ0n) is 16.9. The van der Waals surface area contributed by atoms with Gasteiger partial charge in [-0.2, -0.15) is 0 Å². The Morgan fingerprint density at radius 3 is 2.48 bits per heavy atom. The number of hydrogen-bond donors (Lipinski definition) is 1. The molecule has 0 aliphatic carbocycles. The Kier molecular flexibility index (Phi) is 5.60. The Morgan fingerprint density at radius 2 is 1.68 bits per heavy atom. The van der Waals surface area contributed by atoms with Gasteiger partial charge in [0.05, 0.1) is 12.1 Å². The van der Waals surface area contributed by atoms with Crippen molar-refractivity contribution >= 4 is 40.0 Å². The topological polar surface area (TPSA) is 70.1 Å². The summed E-state index contributed by atoms with van der Waals surface area (Å²) in [4.78, 5) is 23.0. The SMILES string of the molecule is Clc1cccc(Nc2nc(CN3CCN(c4ncccn4)CC3)nc3ccccc23)c1. The molecule has 0 bridgehead atoms. The minimum Gasteiger partial charge on any atom is -0.340 e. The molecule has 8 heteroatoms. The van der Waals surface area contributed by atoms with Crippen LogP contribution in [0.3, 0.4) is 0 Å². The van der Waals surface area contributed by atoms with Gasteiger partial charge in [-0.1, -0.05) is 29.8 Å². The molecule has 1 aliphatic rings. The second kappa shape index (κ2) is 8.83. The molecule has 0 atom stereocenters. The summed E-state index contributed by atoms with van der Waals surface area (Å²) in [5, 5.41) is 5.08. The fourth-order valence-electron chi connectivity index (χ4n) is 3.75. The zero-order chi connectivity index (χ0) is 21.0. The highest BCUT2D eigenvalue weighted by atomic mass is 35.5. The third-order valence-corrected chi connectivity index (χ3v) is 5.54. The summed E-state index contributed by atoms with van der Waals surface area (Å²) in [5.74, 6) is 2.38. The number of nitrogens with one attached hydrogen (secondary N) is 1. The van der Waals surface area contributed by atoms with E-state index in [9.17, 15) is 0 Å². The number of para-hydroxylation sites is 1. The molecule has 0 spiro atoms. The van der Waals surface area contributed by atoms with Gasteiger partial charge in [-0.25, -0.2) is 19.9 Å². The Bertz CT molecular complexity index is 1180. The van der Waals surface area contributed by atoms with Crippen LogP contribution in [0.25, 0.3) is 10.9 Å². The summed E-state index contributed by atoms with van der Waals surface area (Å²) in [6, 6.07) is 17.5. The van der Waals surface area contributed by atoms with Crippen LogP contribution < -0.4 is 10.2 Å². The van der Waals surface area contributed by atoms with Gasteiger partial charge in [-0.15, -0.1) is 0 Å². The van der Waals surface area contributed by atoms with Crippen LogP contribution >= 0.6 is 11.6 Å². The van der Waals surface area contributed by atoms with E-state index in [1.54, 1.807) is 12.4 Å². The first-order valence-electron chi connectivity index (χ1n) is 10.3. The van der Waals surface area contributed by atoms with Gasteiger partial charge >= 0.3 is 0 Å². The first kappa shape index (κ1) is 19.7. The van der Waals surface area contributed by atoms with E-state index < -0.39 is 0 Å². The number of aromatic nitrogens is 4. The van der Waals surface area contributed by atoms with Crippen molar-refractivity contribution in [1.82, 2.24) is 24.8 Å². The van der Waals surface area contributed by atoms with Gasteiger partial charge in [-0.05, 0) is 36.4 Å². The van der Waals surface area contributed by atoms with Crippen LogP contribution in [0.2, 0.25) is 5.02 Å². The van der Waals surface area contributed by atoms with E-state index in [0.29, 0.717) is 11.6 Å². The van der Waals surface area contributed by atoms with Crippen LogP contribution in [-0.2, 0) is 6.54 Å². The van der Waals surface area contributed by atoms with Crippen molar-refractivity contribution in [2.45, 2.75) is 6.54 Å². The molecule has 0 unspecified atom stereocenters. The third-order valence-electron chi connectivity index (χ3n) is 5.31. The molecule has 1 fully saturated rings. The number of fused-ring (bicyclic) bond motifs is 1. The molecule has 31 heavy (non-hydrogen) atoms. The van der Waals surface area contributed by atoms with Gasteiger partial charge < -0.3 is 10.2 Å². The molecule has 3 heterocycles. The molecule has 1 N–H and O–H groups in total. The maximum atomic E-state index is 6.15. The predicted molar refractivity (Wildman–Crippen MR) is 124 cm³/mol. The van der Waals surface area contributed by atoms with Gasteiger partial charge in [0.2, 0.25) is 5.95 Å². The van der Waals surface area contributed by atoms with E-state index in [1.165, 1.54) is 0 Å². The number of piperazine rings is 1. The summed E-state index contributed by atoms with van der Waals surface area (Å²) in [5.41, 5.74) is 1.83. The van der Waals surface area contributed by atoms with Crippen molar-refractivity contribution in [3.63, 3.8) is 0 Å². The molecule has 0 amide bonds. The first-order chi connectivity index (χ1) is 15.2. The van der Waals surface area contributed by atoms with Gasteiger partial charge in [0.25, 0.3) is 0 Å². The van der Waals surface area contributed by atoms with Crippen LogP contribution in [-0.4, -0.2) is 51.0 Å². The number of nitrogens with zero attached hydrogens (tertiary/aromatic N) is 6. The van der Waals surface area contributed by atoms with Gasteiger partial charge in [-0.3, -0.25) is 4.90 Å². The lowest BCUT2D eigenvalue weighted by Gasteiger charge is -2.34. The molecule has 5 rings (SSSR count). The Morgan fingerprint density at radius 1 is 0.871 bits per heavy atom. The molecule has 2 aromatic carbocycles. The number of halogens is 1. The molecule has 1 aliphatic heterocycles. The Labute approximate surface area is 185 Å². The second-order valence-electron chi connectivity index (χ2n) is 7.45. The second-order valence-corrected chi connectivity index (χ2v) is 7.89. The van der Waals surface area contributed by atoms with E-state index in [4.69, 9.17) is 21.6 Å². The van der Waals surface area contributed by atoms with Crippen molar-refractivity contribution in [2.24, 2.45) is 0 Å². The molecular formula is C23H22ClN7. The number of hydrogen-bond acceptors (Lipinski definition) is 7. The highest BCUT2D eigenvalue weighted by Gasteiger charge is 2.20. The average molecular weight is 432 g/mol. The summed E-state index contributed by atoms with van der Waals surface area (Å²) in [6.45, 7) is 4.27. The van der Waals surface area contributed by atoms with E-state index in [0.717, 1.165) is 60.4 Å². The maximum Gasteiger partial charge on any atom is 0.225 e. The van der Waals surface area contributed by atoms with Crippen molar-refractivity contribution in [2.75, 3.05) is 36.4 Å². The van der Waals surface area contributed by atoms with Crippen molar-refractivity contribution in [3.8, 4) is 0 Å². The lowest BCUT2D eigenvalue weighted by atomic mass is 10.2. The molecule has 2 aromatic heterocycles. The minimum absolute atomic E-state index is 0.684. The monoisotopic (exact) mass is 431 g/mol. The van der Waals surface area contributed by atoms with Crippen molar-refractivity contribution < 1.29 is 0 Å². The average Bonchev–Trinajstić information content (AvgIpc) is 2.80. The smallest absolute Gasteiger partial charge is 0.225 e. The molecule has 4 aromatic rings. The number of benzene rings is 2. The van der Waals surface area contributed by atoms with Crippen LogP contribution in [0.15, 0.2) is 67.0 Å². The molecule has 0 radical (unpaired) electrons. The lowest BCUT2D eigenvalue weighted by Crippen LogP contribution is -2.46. The quantitative estimate of drug-likeness (QED) is 0.509. The molecule has 0 saturated carbocycles.